The maximum atomic E-state index is 12.1. The van der Waals surface area contributed by atoms with Gasteiger partial charge in [-0.25, -0.2) is 4.98 Å². The van der Waals surface area contributed by atoms with E-state index in [-0.39, 0.29) is 5.56 Å². The SMILES string of the molecule is O=c1[nH]ccc2cc(C3CC3)c(-n3cnc(C4CC4)c3)cc12. The average molecular weight is 291 g/mol. The van der Waals surface area contributed by atoms with Gasteiger partial charge in [0, 0.05) is 23.7 Å². The van der Waals surface area contributed by atoms with E-state index in [4.69, 9.17) is 0 Å². The summed E-state index contributed by atoms with van der Waals surface area (Å²) in [4.78, 5) is 19.4. The number of nitrogens with one attached hydrogen (secondary N) is 1. The molecule has 3 aromatic rings. The summed E-state index contributed by atoms with van der Waals surface area (Å²) in [5.41, 5.74) is 3.62. The van der Waals surface area contributed by atoms with Crippen LogP contribution in [0.15, 0.2) is 41.7 Å². The number of aromatic amines is 1. The lowest BCUT2D eigenvalue weighted by Gasteiger charge is -2.11. The molecule has 0 unspecified atom stereocenters. The molecule has 5 rings (SSSR count). The molecule has 2 heterocycles. The highest BCUT2D eigenvalue weighted by atomic mass is 16.1. The van der Waals surface area contributed by atoms with Gasteiger partial charge in [0.2, 0.25) is 0 Å². The minimum Gasteiger partial charge on any atom is -0.329 e. The average Bonchev–Trinajstić information content (AvgIpc) is 3.45. The zero-order valence-electron chi connectivity index (χ0n) is 12.2. The molecule has 0 bridgehead atoms. The summed E-state index contributed by atoms with van der Waals surface area (Å²) >= 11 is 0. The minimum absolute atomic E-state index is 0.0244. The molecule has 1 N–H and O–H groups in total. The molecule has 0 radical (unpaired) electrons. The van der Waals surface area contributed by atoms with Gasteiger partial charge in [-0.2, -0.15) is 0 Å². The normalized spacial score (nSPS) is 18.0. The van der Waals surface area contributed by atoms with Crippen LogP contribution < -0.4 is 5.56 Å². The molecule has 2 saturated carbocycles. The van der Waals surface area contributed by atoms with Gasteiger partial charge < -0.3 is 9.55 Å². The number of aromatic nitrogens is 3. The predicted molar refractivity (Wildman–Crippen MR) is 85.6 cm³/mol. The molecular formula is C18H17N3O. The molecular weight excluding hydrogens is 274 g/mol. The van der Waals surface area contributed by atoms with Crippen LogP contribution in [0.1, 0.15) is 48.8 Å². The van der Waals surface area contributed by atoms with Gasteiger partial charge in [0.25, 0.3) is 5.56 Å². The Morgan fingerprint density at radius 1 is 1.14 bits per heavy atom. The molecule has 2 aliphatic rings. The van der Waals surface area contributed by atoms with Crippen LogP contribution in [0.2, 0.25) is 0 Å². The van der Waals surface area contributed by atoms with Crippen molar-refractivity contribution in [2.45, 2.75) is 37.5 Å². The highest BCUT2D eigenvalue weighted by molar-refractivity contribution is 5.85. The maximum absolute atomic E-state index is 12.1. The summed E-state index contributed by atoms with van der Waals surface area (Å²) in [6.07, 6.45) is 10.8. The number of H-pyrrole nitrogens is 1. The standard InChI is InChI=1S/C18H17N3O/c22-18-15-8-17(21-9-16(20-10-21)12-3-4-12)14(11-1-2-11)7-13(15)5-6-19-18/h5-12H,1-4H2,(H,19,22). The molecule has 0 aliphatic heterocycles. The first kappa shape index (κ1) is 12.2. The summed E-state index contributed by atoms with van der Waals surface area (Å²) in [6.45, 7) is 0. The van der Waals surface area contributed by atoms with E-state index < -0.39 is 0 Å². The highest BCUT2D eigenvalue weighted by Gasteiger charge is 2.29. The summed E-state index contributed by atoms with van der Waals surface area (Å²) in [5, 5.41) is 1.78. The minimum atomic E-state index is -0.0244. The van der Waals surface area contributed by atoms with Crippen molar-refractivity contribution in [3.63, 3.8) is 0 Å². The van der Waals surface area contributed by atoms with Gasteiger partial charge in [0.1, 0.15) is 0 Å². The molecule has 22 heavy (non-hydrogen) atoms. The monoisotopic (exact) mass is 291 g/mol. The van der Waals surface area contributed by atoms with Crippen LogP contribution in [0.3, 0.4) is 0 Å². The molecule has 0 amide bonds. The third kappa shape index (κ3) is 1.90. The third-order valence-corrected chi connectivity index (χ3v) is 4.81. The van der Waals surface area contributed by atoms with Crippen LogP contribution in [0.4, 0.5) is 0 Å². The number of hydrogen-bond donors (Lipinski definition) is 1. The number of nitrogens with zero attached hydrogens (tertiary/aromatic N) is 2. The summed E-state index contributed by atoms with van der Waals surface area (Å²) in [7, 11) is 0. The fraction of sp³-hybridized carbons (Fsp3) is 0.333. The molecule has 110 valence electrons. The number of hydrogen-bond acceptors (Lipinski definition) is 2. The van der Waals surface area contributed by atoms with Crippen molar-refractivity contribution in [2.75, 3.05) is 0 Å². The van der Waals surface area contributed by atoms with Gasteiger partial charge >= 0.3 is 0 Å². The zero-order chi connectivity index (χ0) is 14.7. The largest absolute Gasteiger partial charge is 0.329 e. The maximum Gasteiger partial charge on any atom is 0.255 e. The Balaban J connectivity index is 1.74. The third-order valence-electron chi connectivity index (χ3n) is 4.81. The van der Waals surface area contributed by atoms with E-state index in [9.17, 15) is 4.79 Å². The van der Waals surface area contributed by atoms with Crippen LogP contribution in [-0.2, 0) is 0 Å². The molecule has 2 fully saturated rings. The quantitative estimate of drug-likeness (QED) is 0.803. The van der Waals surface area contributed by atoms with Gasteiger partial charge in [-0.3, -0.25) is 4.79 Å². The van der Waals surface area contributed by atoms with Gasteiger partial charge in [-0.15, -0.1) is 0 Å². The van der Waals surface area contributed by atoms with Crippen LogP contribution in [0, 0.1) is 0 Å². The van der Waals surface area contributed by atoms with Crippen molar-refractivity contribution in [3.8, 4) is 5.69 Å². The number of imidazole rings is 1. The molecule has 2 aromatic heterocycles. The van der Waals surface area contributed by atoms with Crippen LogP contribution >= 0.6 is 0 Å². The van der Waals surface area contributed by atoms with Crippen molar-refractivity contribution in [2.24, 2.45) is 0 Å². The van der Waals surface area contributed by atoms with Gasteiger partial charge in [-0.05, 0) is 60.7 Å². The first-order chi connectivity index (χ1) is 10.8. The summed E-state index contributed by atoms with van der Waals surface area (Å²) in [5.74, 6) is 1.28. The number of pyridine rings is 1. The van der Waals surface area contributed by atoms with Crippen molar-refractivity contribution in [1.82, 2.24) is 14.5 Å². The Bertz CT molecular complexity index is 929. The smallest absolute Gasteiger partial charge is 0.255 e. The molecule has 2 aliphatic carbocycles. The molecule has 1 aromatic carbocycles. The highest BCUT2D eigenvalue weighted by Crippen LogP contribution is 2.44. The summed E-state index contributed by atoms with van der Waals surface area (Å²) in [6, 6.07) is 6.20. The second-order valence-corrected chi connectivity index (χ2v) is 6.56. The Morgan fingerprint density at radius 3 is 2.73 bits per heavy atom. The van der Waals surface area contributed by atoms with Crippen molar-refractivity contribution >= 4 is 10.8 Å². The van der Waals surface area contributed by atoms with E-state index in [2.05, 4.69) is 26.8 Å². The lowest BCUT2D eigenvalue weighted by Crippen LogP contribution is -2.06. The van der Waals surface area contributed by atoms with E-state index in [0.717, 1.165) is 16.5 Å². The van der Waals surface area contributed by atoms with Crippen LogP contribution in [-0.4, -0.2) is 14.5 Å². The fourth-order valence-corrected chi connectivity index (χ4v) is 3.25. The molecule has 4 nitrogen and oxygen atoms in total. The van der Waals surface area contributed by atoms with Gasteiger partial charge in [0.15, 0.2) is 0 Å². The number of fused-ring (bicyclic) bond motifs is 1. The second kappa shape index (κ2) is 4.32. The topological polar surface area (TPSA) is 50.7 Å². The van der Waals surface area contributed by atoms with Crippen molar-refractivity contribution in [3.05, 3.63) is 58.5 Å². The zero-order valence-corrected chi connectivity index (χ0v) is 12.2. The van der Waals surface area contributed by atoms with E-state index in [1.165, 1.54) is 36.9 Å². The second-order valence-electron chi connectivity index (χ2n) is 6.56. The molecule has 0 atom stereocenters. The van der Waals surface area contributed by atoms with E-state index >= 15 is 0 Å². The van der Waals surface area contributed by atoms with E-state index in [1.54, 1.807) is 6.20 Å². The predicted octanol–water partition coefficient (Wildman–Crippen LogP) is 3.47. The number of rotatable bonds is 3. The lowest BCUT2D eigenvalue weighted by atomic mass is 10.0. The first-order valence-electron chi connectivity index (χ1n) is 7.99. The summed E-state index contributed by atoms with van der Waals surface area (Å²) < 4.78 is 2.10. The van der Waals surface area contributed by atoms with Crippen LogP contribution in [0.25, 0.3) is 16.5 Å². The Kier molecular flexibility index (Phi) is 2.40. The van der Waals surface area contributed by atoms with Crippen molar-refractivity contribution in [1.29, 1.82) is 0 Å². The van der Waals surface area contributed by atoms with E-state index in [1.807, 2.05) is 18.5 Å². The van der Waals surface area contributed by atoms with E-state index in [0.29, 0.717) is 11.8 Å². The Morgan fingerprint density at radius 2 is 1.95 bits per heavy atom. The molecule has 0 spiro atoms. The van der Waals surface area contributed by atoms with Crippen LogP contribution in [0.5, 0.6) is 0 Å². The molecule has 4 heteroatoms. The Labute approximate surface area is 127 Å². The number of benzene rings is 1. The lowest BCUT2D eigenvalue weighted by molar-refractivity contribution is 1.000. The first-order valence-corrected chi connectivity index (χ1v) is 7.99. The molecule has 0 saturated heterocycles. The Hall–Kier alpha value is -2.36. The fourth-order valence-electron chi connectivity index (χ4n) is 3.25. The van der Waals surface area contributed by atoms with Gasteiger partial charge in [0.05, 0.1) is 17.7 Å². The van der Waals surface area contributed by atoms with Crippen molar-refractivity contribution < 1.29 is 0 Å². The van der Waals surface area contributed by atoms with Gasteiger partial charge in [-0.1, -0.05) is 0 Å².